The molecule has 0 aromatic carbocycles. The summed E-state index contributed by atoms with van der Waals surface area (Å²) in [7, 11) is -3.66. The van der Waals surface area contributed by atoms with Crippen LogP contribution < -0.4 is 4.72 Å². The van der Waals surface area contributed by atoms with Crippen LogP contribution in [0.3, 0.4) is 0 Å². The predicted octanol–water partition coefficient (Wildman–Crippen LogP) is 1.98. The van der Waals surface area contributed by atoms with E-state index in [0.29, 0.717) is 5.69 Å². The lowest BCUT2D eigenvalue weighted by atomic mass is 10.5. The van der Waals surface area contributed by atoms with E-state index in [1.165, 1.54) is 29.8 Å². The van der Waals surface area contributed by atoms with Gasteiger partial charge in [0, 0.05) is 17.8 Å². The number of sulfonamides is 1. The Kier molecular flexibility index (Phi) is 3.96. The van der Waals surface area contributed by atoms with Crippen molar-refractivity contribution in [1.29, 1.82) is 0 Å². The number of rotatable bonds is 4. The molecular formula is C10H10ClN3O2S2. The minimum Gasteiger partial charge on any atom is -0.263 e. The quantitative estimate of drug-likeness (QED) is 0.937. The fourth-order valence-electron chi connectivity index (χ4n) is 1.30. The van der Waals surface area contributed by atoms with Gasteiger partial charge in [0.1, 0.15) is 4.90 Å². The number of nitrogens with zero attached hydrogens (tertiary/aromatic N) is 2. The molecule has 5 nitrogen and oxygen atoms in total. The van der Waals surface area contributed by atoms with Crippen LogP contribution in [-0.2, 0) is 16.6 Å². The zero-order valence-electron chi connectivity index (χ0n) is 9.42. The molecular weight excluding hydrogens is 294 g/mol. The lowest BCUT2D eigenvalue weighted by Crippen LogP contribution is -2.23. The molecule has 8 heteroatoms. The van der Waals surface area contributed by atoms with Gasteiger partial charge in [0.15, 0.2) is 0 Å². The summed E-state index contributed by atoms with van der Waals surface area (Å²) >= 11 is 7.29. The first-order valence-electron chi connectivity index (χ1n) is 4.99. The summed E-state index contributed by atoms with van der Waals surface area (Å²) in [5, 5.41) is 2.85. The Hall–Kier alpha value is -1.02. The Morgan fingerprint density at radius 3 is 2.89 bits per heavy atom. The summed E-state index contributed by atoms with van der Waals surface area (Å²) in [6.45, 7) is 2.00. The van der Waals surface area contributed by atoms with Gasteiger partial charge in [0.2, 0.25) is 10.0 Å². The molecule has 0 fully saturated rings. The summed E-state index contributed by atoms with van der Waals surface area (Å²) in [6.07, 6.45) is 2.65. The first-order valence-corrected chi connectivity index (χ1v) is 7.73. The van der Waals surface area contributed by atoms with Gasteiger partial charge in [-0.25, -0.2) is 18.1 Å². The maximum atomic E-state index is 12.0. The molecule has 0 saturated heterocycles. The molecule has 0 radical (unpaired) electrons. The molecule has 0 unspecified atom stereocenters. The highest BCUT2D eigenvalue weighted by atomic mass is 35.5. The van der Waals surface area contributed by atoms with E-state index in [9.17, 15) is 8.42 Å². The van der Waals surface area contributed by atoms with E-state index in [1.807, 2.05) is 12.3 Å². The van der Waals surface area contributed by atoms with Gasteiger partial charge in [-0.15, -0.1) is 11.3 Å². The van der Waals surface area contributed by atoms with E-state index in [2.05, 4.69) is 14.7 Å². The first kappa shape index (κ1) is 13.4. The zero-order valence-corrected chi connectivity index (χ0v) is 11.8. The van der Waals surface area contributed by atoms with Crippen LogP contribution in [0.1, 0.15) is 10.7 Å². The van der Waals surface area contributed by atoms with E-state index in [0.717, 1.165) is 5.01 Å². The van der Waals surface area contributed by atoms with Crippen molar-refractivity contribution in [3.05, 3.63) is 39.6 Å². The number of hydrogen-bond donors (Lipinski definition) is 1. The molecule has 2 aromatic rings. The van der Waals surface area contributed by atoms with Gasteiger partial charge in [0.05, 0.1) is 22.3 Å². The summed E-state index contributed by atoms with van der Waals surface area (Å²) < 4.78 is 26.4. The SMILES string of the molecule is Cc1nc(CNS(=O)(=O)c2cnccc2Cl)cs1. The number of aryl methyl sites for hydroxylation is 1. The normalized spacial score (nSPS) is 11.7. The molecule has 1 N–H and O–H groups in total. The summed E-state index contributed by atoms with van der Waals surface area (Å²) in [5.74, 6) is 0. The lowest BCUT2D eigenvalue weighted by Gasteiger charge is -2.06. The summed E-state index contributed by atoms with van der Waals surface area (Å²) in [5.41, 5.74) is 0.682. The molecule has 0 atom stereocenters. The topological polar surface area (TPSA) is 72.0 Å². The second-order valence-electron chi connectivity index (χ2n) is 3.49. The van der Waals surface area contributed by atoms with Gasteiger partial charge >= 0.3 is 0 Å². The molecule has 2 rings (SSSR count). The Morgan fingerprint density at radius 2 is 2.28 bits per heavy atom. The van der Waals surface area contributed by atoms with Gasteiger partial charge in [-0.3, -0.25) is 4.98 Å². The number of hydrogen-bond acceptors (Lipinski definition) is 5. The Labute approximate surface area is 114 Å². The highest BCUT2D eigenvalue weighted by molar-refractivity contribution is 7.89. The maximum absolute atomic E-state index is 12.0. The molecule has 96 valence electrons. The van der Waals surface area contributed by atoms with Crippen LogP contribution in [0.5, 0.6) is 0 Å². The molecule has 0 amide bonds. The molecule has 0 spiro atoms. The third-order valence-corrected chi connectivity index (χ3v) is 4.83. The average Bonchev–Trinajstić information content (AvgIpc) is 2.73. The third kappa shape index (κ3) is 3.05. The molecule has 18 heavy (non-hydrogen) atoms. The molecule has 0 aliphatic carbocycles. The van der Waals surface area contributed by atoms with Crippen LogP contribution >= 0.6 is 22.9 Å². The van der Waals surface area contributed by atoms with Crippen molar-refractivity contribution in [3.8, 4) is 0 Å². The van der Waals surface area contributed by atoms with Gasteiger partial charge in [-0.1, -0.05) is 11.6 Å². The van der Waals surface area contributed by atoms with Crippen molar-refractivity contribution < 1.29 is 8.42 Å². The van der Waals surface area contributed by atoms with E-state index in [4.69, 9.17) is 11.6 Å². The molecule has 2 aromatic heterocycles. The maximum Gasteiger partial charge on any atom is 0.243 e. The lowest BCUT2D eigenvalue weighted by molar-refractivity contribution is 0.580. The predicted molar refractivity (Wildman–Crippen MR) is 70.1 cm³/mol. The van der Waals surface area contributed by atoms with Crippen molar-refractivity contribution in [2.75, 3.05) is 0 Å². The van der Waals surface area contributed by atoms with Gasteiger partial charge in [-0.2, -0.15) is 0 Å². The number of halogens is 1. The summed E-state index contributed by atoms with van der Waals surface area (Å²) in [4.78, 5) is 7.90. The Morgan fingerprint density at radius 1 is 1.50 bits per heavy atom. The first-order chi connectivity index (χ1) is 8.49. The highest BCUT2D eigenvalue weighted by Crippen LogP contribution is 2.19. The highest BCUT2D eigenvalue weighted by Gasteiger charge is 2.17. The Balaban J connectivity index is 2.16. The van der Waals surface area contributed by atoms with E-state index < -0.39 is 10.0 Å². The van der Waals surface area contributed by atoms with E-state index in [-0.39, 0.29) is 16.5 Å². The summed E-state index contributed by atoms with van der Waals surface area (Å²) in [6, 6.07) is 1.43. The van der Waals surface area contributed by atoms with E-state index >= 15 is 0 Å². The van der Waals surface area contributed by atoms with Crippen molar-refractivity contribution in [3.63, 3.8) is 0 Å². The fourth-order valence-corrected chi connectivity index (χ4v) is 3.34. The van der Waals surface area contributed by atoms with Crippen LogP contribution in [0.25, 0.3) is 0 Å². The smallest absolute Gasteiger partial charge is 0.243 e. The fraction of sp³-hybridized carbons (Fsp3) is 0.200. The van der Waals surface area contributed by atoms with Gasteiger partial charge in [-0.05, 0) is 13.0 Å². The van der Waals surface area contributed by atoms with E-state index in [1.54, 1.807) is 0 Å². The molecule has 2 heterocycles. The average molecular weight is 304 g/mol. The van der Waals surface area contributed by atoms with Crippen LogP contribution in [-0.4, -0.2) is 18.4 Å². The van der Waals surface area contributed by atoms with Crippen molar-refractivity contribution in [2.24, 2.45) is 0 Å². The third-order valence-electron chi connectivity index (χ3n) is 2.13. The second kappa shape index (κ2) is 5.31. The zero-order chi connectivity index (χ0) is 13.2. The molecule has 0 aliphatic rings. The number of aromatic nitrogens is 2. The van der Waals surface area contributed by atoms with Crippen LogP contribution in [0.15, 0.2) is 28.7 Å². The van der Waals surface area contributed by atoms with Crippen LogP contribution in [0, 0.1) is 6.92 Å². The molecule has 0 saturated carbocycles. The van der Waals surface area contributed by atoms with Crippen molar-refractivity contribution in [2.45, 2.75) is 18.4 Å². The standard InChI is InChI=1S/C10H10ClN3O2S2/c1-7-14-8(6-17-7)4-13-18(15,16)10-5-12-3-2-9(10)11/h2-3,5-6,13H,4H2,1H3. The second-order valence-corrected chi connectivity index (χ2v) is 6.69. The number of pyridine rings is 1. The van der Waals surface area contributed by atoms with Crippen molar-refractivity contribution in [1.82, 2.24) is 14.7 Å². The number of nitrogens with one attached hydrogen (secondary N) is 1. The number of thiazole rings is 1. The minimum absolute atomic E-state index is 0.0291. The molecule has 0 bridgehead atoms. The van der Waals surface area contributed by atoms with Gasteiger partial charge in [0.25, 0.3) is 0 Å². The monoisotopic (exact) mass is 303 g/mol. The van der Waals surface area contributed by atoms with Crippen LogP contribution in [0.2, 0.25) is 5.02 Å². The van der Waals surface area contributed by atoms with Gasteiger partial charge < -0.3 is 0 Å². The minimum atomic E-state index is -3.66. The van der Waals surface area contributed by atoms with Crippen LogP contribution in [0.4, 0.5) is 0 Å². The molecule has 0 aliphatic heterocycles. The largest absolute Gasteiger partial charge is 0.263 e. The Bertz CT molecular complexity index is 655. The van der Waals surface area contributed by atoms with Crippen molar-refractivity contribution >= 4 is 33.0 Å².